The summed E-state index contributed by atoms with van der Waals surface area (Å²) in [4.78, 5) is 18.5. The number of aliphatic hydroxyl groups is 1. The van der Waals surface area contributed by atoms with Crippen LogP contribution >= 0.6 is 11.3 Å². The Balaban J connectivity index is 1.50. The molecule has 45 heavy (non-hydrogen) atoms. The molecule has 3 aromatic rings. The molecular weight excluding hydrogens is 630 g/mol. The van der Waals surface area contributed by atoms with Crippen LogP contribution in [-0.2, 0) is 14.8 Å². The molecule has 3 fully saturated rings. The number of hydrogen-bond acceptors (Lipinski definition) is 11. The average Bonchev–Trinajstić information content (AvgIpc) is 3.36. The number of benzene rings is 1. The smallest absolute Gasteiger partial charge is 0.291 e. The van der Waals surface area contributed by atoms with Crippen LogP contribution in [0.3, 0.4) is 0 Å². The van der Waals surface area contributed by atoms with Gasteiger partial charge in [-0.3, -0.25) is 4.79 Å². The Morgan fingerprint density at radius 3 is 2.47 bits per heavy atom. The second kappa shape index (κ2) is 12.0. The first-order valence-electron chi connectivity index (χ1n) is 15.0. The third-order valence-electron chi connectivity index (χ3n) is 8.60. The number of β-amino-alcohol motifs (C(OH)–C–C–N with tert-alkyl or cyclic N) is 1. The molecule has 13 nitrogen and oxygen atoms in total. The summed E-state index contributed by atoms with van der Waals surface area (Å²) in [7, 11) is -2.10. The summed E-state index contributed by atoms with van der Waals surface area (Å²) in [5, 5.41) is 23.0. The molecule has 246 valence electrons. The van der Waals surface area contributed by atoms with Crippen molar-refractivity contribution < 1.29 is 31.8 Å². The van der Waals surface area contributed by atoms with E-state index in [4.69, 9.17) is 4.74 Å². The quantitative estimate of drug-likeness (QED) is 0.349. The monoisotopic (exact) mass is 668 g/mol. The number of fused-ring (bicyclic) bond motifs is 1. The van der Waals surface area contributed by atoms with E-state index in [-0.39, 0.29) is 33.2 Å². The van der Waals surface area contributed by atoms with Crippen LogP contribution in [0.15, 0.2) is 17.0 Å². The lowest BCUT2D eigenvalue weighted by atomic mass is 10.1. The maximum Gasteiger partial charge on any atom is 0.291 e. The molecule has 2 aromatic heterocycles. The van der Waals surface area contributed by atoms with E-state index in [2.05, 4.69) is 20.0 Å². The van der Waals surface area contributed by atoms with Crippen molar-refractivity contribution in [2.24, 2.45) is 5.92 Å². The fraction of sp³-hybridized carbons (Fsp3) is 0.643. The number of nitrogens with one attached hydrogen (secondary N) is 1. The van der Waals surface area contributed by atoms with Crippen LogP contribution < -0.4 is 14.4 Å². The van der Waals surface area contributed by atoms with Crippen LogP contribution in [0, 0.1) is 5.92 Å². The van der Waals surface area contributed by atoms with Gasteiger partial charge in [-0.05, 0) is 45.4 Å². The maximum absolute atomic E-state index is 13.7. The second-order valence-corrected chi connectivity index (χ2v) is 15.4. The van der Waals surface area contributed by atoms with E-state index in [1.807, 2.05) is 37.6 Å². The van der Waals surface area contributed by atoms with Gasteiger partial charge < -0.3 is 24.5 Å². The lowest BCUT2D eigenvalue weighted by Crippen LogP contribution is -2.50. The van der Waals surface area contributed by atoms with Crippen LogP contribution in [0.5, 0.6) is 5.88 Å². The lowest BCUT2D eigenvalue weighted by molar-refractivity contribution is -0.134. The number of amides is 1. The van der Waals surface area contributed by atoms with Crippen molar-refractivity contribution in [1.82, 2.24) is 34.5 Å². The number of hydrogen-bond donors (Lipinski definition) is 2. The Hall–Kier alpha value is -2.99. The van der Waals surface area contributed by atoms with Gasteiger partial charge in [0.05, 0.1) is 21.5 Å². The first-order valence-corrected chi connectivity index (χ1v) is 17.3. The van der Waals surface area contributed by atoms with Gasteiger partial charge >= 0.3 is 0 Å². The van der Waals surface area contributed by atoms with E-state index in [1.54, 1.807) is 11.0 Å². The van der Waals surface area contributed by atoms with Crippen LogP contribution in [0.4, 0.5) is 14.5 Å². The number of halogens is 2. The predicted molar refractivity (Wildman–Crippen MR) is 164 cm³/mol. The standard InChI is InChI=1S/C28H38F2N8O5S2/c1-16(2)26(40)37-11-9-36(10-12-37)18-13-17(45(41,42)34-28(3)6-7-28)14-19-22(18)24(43-21-5-8-35(4)15-20(21)39)33-38(19)27-32-31-25(44-27)23(29)30/h13-14,16,20-21,23,34,39H,5-12,15H2,1-4H3/t20-,21+/m1/s1. The Morgan fingerprint density at radius 1 is 1.16 bits per heavy atom. The Kier molecular flexibility index (Phi) is 8.52. The predicted octanol–water partition coefficient (Wildman–Crippen LogP) is 2.39. The van der Waals surface area contributed by atoms with E-state index < -0.39 is 39.2 Å². The molecular formula is C28H38F2N8O5S2. The molecule has 17 heteroatoms. The van der Waals surface area contributed by atoms with Gasteiger partial charge in [-0.2, -0.15) is 0 Å². The van der Waals surface area contributed by atoms with Crippen LogP contribution in [-0.4, -0.2) is 113 Å². The third kappa shape index (κ3) is 6.50. The van der Waals surface area contributed by atoms with Gasteiger partial charge in [-0.25, -0.2) is 26.6 Å². The summed E-state index contributed by atoms with van der Waals surface area (Å²) in [5.41, 5.74) is 0.248. The number of likely N-dealkylation sites (tertiary alicyclic amines) is 1. The topological polar surface area (TPSA) is 146 Å². The number of ether oxygens (including phenoxy) is 1. The molecule has 1 aromatic carbocycles. The number of likely N-dealkylation sites (N-methyl/N-ethyl adjacent to an activating group) is 1. The Bertz CT molecular complexity index is 1680. The summed E-state index contributed by atoms with van der Waals surface area (Å²) in [5.74, 6) is 0.00202. The minimum Gasteiger partial charge on any atom is -0.470 e. The van der Waals surface area contributed by atoms with Gasteiger partial charge in [0.25, 0.3) is 6.43 Å². The number of rotatable bonds is 9. The number of piperazine rings is 1. The number of carbonyl (C=O) groups is 1. The maximum atomic E-state index is 13.7. The van der Waals surface area contributed by atoms with Crippen LogP contribution in [0.25, 0.3) is 16.0 Å². The van der Waals surface area contributed by atoms with Gasteiger partial charge in [-0.1, -0.05) is 25.2 Å². The van der Waals surface area contributed by atoms with Gasteiger partial charge in [0, 0.05) is 50.7 Å². The summed E-state index contributed by atoms with van der Waals surface area (Å²) < 4.78 is 64.9. The highest BCUT2D eigenvalue weighted by Gasteiger charge is 2.42. The van der Waals surface area contributed by atoms with Crippen molar-refractivity contribution in [3.8, 4) is 11.0 Å². The number of carbonyl (C=O) groups excluding carboxylic acids is 1. The first kappa shape index (κ1) is 32.0. The van der Waals surface area contributed by atoms with Crippen molar-refractivity contribution in [1.29, 1.82) is 0 Å². The molecule has 2 N–H and O–H groups in total. The largest absolute Gasteiger partial charge is 0.470 e. The highest BCUT2D eigenvalue weighted by atomic mass is 32.2. The molecule has 2 atom stereocenters. The zero-order valence-corrected chi connectivity index (χ0v) is 27.2. The number of aromatic nitrogens is 4. The summed E-state index contributed by atoms with van der Waals surface area (Å²) in [6.45, 7) is 8.30. The van der Waals surface area contributed by atoms with Crippen molar-refractivity contribution in [2.45, 2.75) is 69.1 Å². The van der Waals surface area contributed by atoms with E-state index >= 15 is 0 Å². The van der Waals surface area contributed by atoms with E-state index in [0.717, 1.165) is 0 Å². The van der Waals surface area contributed by atoms with Crippen molar-refractivity contribution in [3.63, 3.8) is 0 Å². The molecule has 1 aliphatic carbocycles. The van der Waals surface area contributed by atoms with E-state index in [0.29, 0.717) is 80.9 Å². The van der Waals surface area contributed by atoms with Gasteiger partial charge in [-0.15, -0.1) is 15.3 Å². The van der Waals surface area contributed by atoms with Crippen molar-refractivity contribution in [3.05, 3.63) is 17.1 Å². The zero-order valence-electron chi connectivity index (χ0n) is 25.6. The fourth-order valence-corrected chi connectivity index (χ4v) is 7.92. The molecule has 4 heterocycles. The highest BCUT2D eigenvalue weighted by Crippen LogP contribution is 2.42. The molecule has 3 aliphatic rings. The number of piperidine rings is 1. The van der Waals surface area contributed by atoms with Gasteiger partial charge in [0.2, 0.25) is 26.9 Å². The summed E-state index contributed by atoms with van der Waals surface area (Å²) in [6, 6.07) is 3.02. The van der Waals surface area contributed by atoms with Gasteiger partial charge in [0.15, 0.2) is 5.01 Å². The number of sulfonamides is 1. The minimum absolute atomic E-state index is 0.0176. The van der Waals surface area contributed by atoms with Crippen LogP contribution in [0.1, 0.15) is 51.5 Å². The first-order chi connectivity index (χ1) is 21.2. The Labute approximate surface area is 264 Å². The molecule has 0 radical (unpaired) electrons. The van der Waals surface area contributed by atoms with Crippen LogP contribution in [0.2, 0.25) is 0 Å². The third-order valence-corrected chi connectivity index (χ3v) is 11.1. The molecule has 6 rings (SSSR count). The molecule has 2 saturated heterocycles. The average molecular weight is 669 g/mol. The minimum atomic E-state index is -4.00. The summed E-state index contributed by atoms with van der Waals surface area (Å²) in [6.07, 6.45) is -2.32. The number of anilines is 1. The molecule has 0 unspecified atom stereocenters. The van der Waals surface area contributed by atoms with E-state index in [1.165, 1.54) is 10.7 Å². The molecule has 0 spiro atoms. The summed E-state index contributed by atoms with van der Waals surface area (Å²) >= 11 is 0.644. The zero-order chi connectivity index (χ0) is 32.3. The fourth-order valence-electron chi connectivity index (χ4n) is 5.76. The molecule has 1 amide bonds. The SMILES string of the molecule is CC(C)C(=O)N1CCN(c2cc(S(=O)(=O)NC3(C)CC3)cc3c2c(O[C@H]2CCN(C)C[C@H]2O)nn3-c2nnc(C(F)F)s2)CC1. The number of nitrogens with zero attached hydrogens (tertiary/aromatic N) is 7. The molecule has 0 bridgehead atoms. The Morgan fingerprint density at radius 2 is 1.87 bits per heavy atom. The molecule has 2 aliphatic heterocycles. The van der Waals surface area contributed by atoms with Crippen molar-refractivity contribution in [2.75, 3.05) is 51.2 Å². The van der Waals surface area contributed by atoms with Crippen molar-refractivity contribution >= 4 is 43.9 Å². The normalized spacial score (nSPS) is 22.5. The second-order valence-electron chi connectivity index (χ2n) is 12.7. The highest BCUT2D eigenvalue weighted by molar-refractivity contribution is 7.89. The van der Waals surface area contributed by atoms with Gasteiger partial charge in [0.1, 0.15) is 12.2 Å². The lowest BCUT2D eigenvalue weighted by Gasteiger charge is -2.37. The molecule has 1 saturated carbocycles. The van der Waals surface area contributed by atoms with E-state index in [9.17, 15) is 27.1 Å². The number of aliphatic hydroxyl groups excluding tert-OH is 1. The number of alkyl halides is 2.